The quantitative estimate of drug-likeness (QED) is 0.820. The van der Waals surface area contributed by atoms with E-state index < -0.39 is 9.84 Å². The Hall–Kier alpha value is -0.850. The second-order valence-electron chi connectivity index (χ2n) is 4.36. The summed E-state index contributed by atoms with van der Waals surface area (Å²) in [4.78, 5) is 0. The maximum Gasteiger partial charge on any atom is 0.151 e. The largest absolute Gasteiger partial charge is 0.462 e. The van der Waals surface area contributed by atoms with Crippen molar-refractivity contribution in [1.29, 1.82) is 0 Å². The summed E-state index contributed by atoms with van der Waals surface area (Å²) in [5, 5.41) is 12.0. The van der Waals surface area contributed by atoms with Gasteiger partial charge in [0.15, 0.2) is 9.84 Å². The lowest BCUT2D eigenvalue weighted by atomic mass is 10.2. The molecule has 1 fully saturated rings. The Labute approximate surface area is 101 Å². The van der Waals surface area contributed by atoms with E-state index in [1.54, 1.807) is 12.1 Å². The van der Waals surface area contributed by atoms with Gasteiger partial charge in [0, 0.05) is 6.04 Å². The van der Waals surface area contributed by atoms with E-state index in [4.69, 9.17) is 9.52 Å². The van der Waals surface area contributed by atoms with Crippen LogP contribution in [0.25, 0.3) is 0 Å². The molecule has 0 amide bonds. The highest BCUT2D eigenvalue weighted by atomic mass is 32.2. The molecule has 0 bridgehead atoms. The predicted octanol–water partition coefficient (Wildman–Crippen LogP) is 0.439. The summed E-state index contributed by atoms with van der Waals surface area (Å²) in [6.07, 6.45) is 1.60. The number of hydrogen-bond donors (Lipinski definition) is 2. The molecule has 1 atom stereocenters. The summed E-state index contributed by atoms with van der Waals surface area (Å²) >= 11 is 0. The van der Waals surface area contributed by atoms with Crippen LogP contribution in [-0.4, -0.2) is 31.1 Å². The molecule has 5 nitrogen and oxygen atoms in total. The summed E-state index contributed by atoms with van der Waals surface area (Å²) in [6.45, 7) is 0.387. The van der Waals surface area contributed by atoms with Gasteiger partial charge in [0.05, 0.1) is 18.1 Å². The zero-order valence-corrected chi connectivity index (χ0v) is 10.4. The number of aliphatic hydroxyl groups excluding tert-OH is 1. The highest BCUT2D eigenvalue weighted by Crippen LogP contribution is 2.13. The molecule has 1 saturated heterocycles. The molecule has 0 saturated carbocycles. The smallest absolute Gasteiger partial charge is 0.151 e. The molecule has 0 aliphatic carbocycles. The Morgan fingerprint density at radius 2 is 2.18 bits per heavy atom. The SMILES string of the molecule is O=S1(=O)CCCC(NCc2ccc(CO)o2)C1. The number of hydrogen-bond acceptors (Lipinski definition) is 5. The van der Waals surface area contributed by atoms with Crippen molar-refractivity contribution in [3.05, 3.63) is 23.7 Å². The first kappa shape index (κ1) is 12.6. The van der Waals surface area contributed by atoms with Crippen molar-refractivity contribution >= 4 is 9.84 Å². The number of aliphatic hydroxyl groups is 1. The maximum absolute atomic E-state index is 11.4. The van der Waals surface area contributed by atoms with Gasteiger partial charge in [0.25, 0.3) is 0 Å². The van der Waals surface area contributed by atoms with Crippen molar-refractivity contribution in [1.82, 2.24) is 5.32 Å². The molecule has 96 valence electrons. The van der Waals surface area contributed by atoms with Crippen LogP contribution in [-0.2, 0) is 23.0 Å². The standard InChI is InChI=1S/C11H17NO4S/c13-7-11-4-3-10(16-11)6-12-9-2-1-5-17(14,15)8-9/h3-4,9,12-13H,1-2,5-8H2. The maximum atomic E-state index is 11.4. The first-order valence-corrected chi connectivity index (χ1v) is 7.53. The second kappa shape index (κ2) is 5.20. The number of nitrogens with one attached hydrogen (secondary N) is 1. The van der Waals surface area contributed by atoms with Crippen LogP contribution in [0.15, 0.2) is 16.5 Å². The highest BCUT2D eigenvalue weighted by Gasteiger charge is 2.24. The molecule has 1 aromatic heterocycles. The van der Waals surface area contributed by atoms with Crippen molar-refractivity contribution in [2.75, 3.05) is 11.5 Å². The van der Waals surface area contributed by atoms with Crippen LogP contribution in [0.5, 0.6) is 0 Å². The molecule has 1 aliphatic rings. The van der Waals surface area contributed by atoms with Crippen LogP contribution in [0, 0.1) is 0 Å². The van der Waals surface area contributed by atoms with Gasteiger partial charge in [-0.1, -0.05) is 0 Å². The molecule has 0 aromatic carbocycles. The van der Waals surface area contributed by atoms with Crippen molar-refractivity contribution in [3.63, 3.8) is 0 Å². The first-order valence-electron chi connectivity index (χ1n) is 5.71. The Bertz CT molecular complexity index is 466. The Kier molecular flexibility index (Phi) is 3.86. The molecule has 17 heavy (non-hydrogen) atoms. The minimum Gasteiger partial charge on any atom is -0.462 e. The fourth-order valence-corrected chi connectivity index (χ4v) is 3.70. The molecular weight excluding hydrogens is 242 g/mol. The fourth-order valence-electron chi connectivity index (χ4n) is 2.03. The zero-order valence-electron chi connectivity index (χ0n) is 9.55. The van der Waals surface area contributed by atoms with E-state index in [-0.39, 0.29) is 18.4 Å². The zero-order chi connectivity index (χ0) is 12.3. The third-order valence-corrected chi connectivity index (χ3v) is 4.72. The number of rotatable bonds is 4. The molecule has 1 aromatic rings. The van der Waals surface area contributed by atoms with Gasteiger partial charge in [-0.15, -0.1) is 0 Å². The highest BCUT2D eigenvalue weighted by molar-refractivity contribution is 7.91. The first-order chi connectivity index (χ1) is 8.09. The summed E-state index contributed by atoms with van der Waals surface area (Å²) in [5.74, 6) is 1.76. The lowest BCUT2D eigenvalue weighted by Crippen LogP contribution is -2.39. The van der Waals surface area contributed by atoms with E-state index in [2.05, 4.69) is 5.32 Å². The topological polar surface area (TPSA) is 79.5 Å². The molecule has 2 rings (SSSR count). The number of furan rings is 1. The van der Waals surface area contributed by atoms with E-state index in [0.717, 1.165) is 18.6 Å². The average Bonchev–Trinajstić information content (AvgIpc) is 2.73. The third-order valence-electron chi connectivity index (χ3n) is 2.90. The normalized spacial score (nSPS) is 23.7. The Morgan fingerprint density at radius 1 is 1.41 bits per heavy atom. The monoisotopic (exact) mass is 259 g/mol. The fraction of sp³-hybridized carbons (Fsp3) is 0.636. The van der Waals surface area contributed by atoms with E-state index in [9.17, 15) is 8.42 Å². The molecular formula is C11H17NO4S. The van der Waals surface area contributed by atoms with Crippen LogP contribution >= 0.6 is 0 Å². The summed E-state index contributed by atoms with van der Waals surface area (Å²) in [5.41, 5.74) is 0. The van der Waals surface area contributed by atoms with E-state index in [1.807, 2.05) is 0 Å². The van der Waals surface area contributed by atoms with E-state index in [1.165, 1.54) is 0 Å². The second-order valence-corrected chi connectivity index (χ2v) is 6.59. The Balaban J connectivity index is 1.85. The minimum absolute atomic E-state index is 0.0106. The predicted molar refractivity (Wildman–Crippen MR) is 63.1 cm³/mol. The lowest BCUT2D eigenvalue weighted by Gasteiger charge is -2.22. The van der Waals surface area contributed by atoms with Crippen molar-refractivity contribution in [2.24, 2.45) is 0 Å². The summed E-state index contributed by atoms with van der Waals surface area (Å²) < 4.78 is 28.2. The molecule has 0 spiro atoms. The minimum atomic E-state index is -2.87. The molecule has 1 unspecified atom stereocenters. The van der Waals surface area contributed by atoms with Crippen LogP contribution in [0.4, 0.5) is 0 Å². The van der Waals surface area contributed by atoms with Crippen molar-refractivity contribution < 1.29 is 17.9 Å². The number of sulfone groups is 1. The lowest BCUT2D eigenvalue weighted by molar-refractivity contribution is 0.242. The van der Waals surface area contributed by atoms with Gasteiger partial charge in [0.2, 0.25) is 0 Å². The summed E-state index contributed by atoms with van der Waals surface area (Å²) in [7, 11) is -2.87. The van der Waals surface area contributed by atoms with Crippen LogP contribution in [0.3, 0.4) is 0 Å². The molecule has 0 radical (unpaired) electrons. The molecule has 6 heteroatoms. The average molecular weight is 259 g/mol. The molecule has 2 heterocycles. The van der Waals surface area contributed by atoms with Gasteiger partial charge >= 0.3 is 0 Å². The van der Waals surface area contributed by atoms with Gasteiger partial charge in [-0.2, -0.15) is 0 Å². The third kappa shape index (κ3) is 3.55. The van der Waals surface area contributed by atoms with Gasteiger partial charge in [-0.05, 0) is 25.0 Å². The van der Waals surface area contributed by atoms with Gasteiger partial charge < -0.3 is 14.8 Å². The van der Waals surface area contributed by atoms with Gasteiger partial charge in [-0.25, -0.2) is 8.42 Å². The van der Waals surface area contributed by atoms with E-state index >= 15 is 0 Å². The Morgan fingerprint density at radius 3 is 2.82 bits per heavy atom. The molecule has 1 aliphatic heterocycles. The van der Waals surface area contributed by atoms with Gasteiger partial charge in [0.1, 0.15) is 18.1 Å². The van der Waals surface area contributed by atoms with Crippen LogP contribution in [0.1, 0.15) is 24.4 Å². The van der Waals surface area contributed by atoms with Crippen LogP contribution in [0.2, 0.25) is 0 Å². The molecule has 2 N–H and O–H groups in total. The van der Waals surface area contributed by atoms with Gasteiger partial charge in [-0.3, -0.25) is 0 Å². The van der Waals surface area contributed by atoms with E-state index in [0.29, 0.717) is 18.1 Å². The van der Waals surface area contributed by atoms with Crippen molar-refractivity contribution in [2.45, 2.75) is 32.0 Å². The van der Waals surface area contributed by atoms with Crippen molar-refractivity contribution in [3.8, 4) is 0 Å². The van der Waals surface area contributed by atoms with Crippen LogP contribution < -0.4 is 5.32 Å². The summed E-state index contributed by atoms with van der Waals surface area (Å²) in [6, 6.07) is 3.52.